The molecule has 0 bridgehead atoms. The van der Waals surface area contributed by atoms with E-state index < -0.39 is 0 Å². The van der Waals surface area contributed by atoms with Gasteiger partial charge in [-0.05, 0) is 31.0 Å². The number of fused-ring (bicyclic) bond motifs is 1. The summed E-state index contributed by atoms with van der Waals surface area (Å²) >= 11 is 0. The van der Waals surface area contributed by atoms with Gasteiger partial charge in [0.2, 0.25) is 5.91 Å². The Morgan fingerprint density at radius 3 is 3.10 bits per heavy atom. The Balaban J connectivity index is 1.79. The zero-order chi connectivity index (χ0) is 14.7. The van der Waals surface area contributed by atoms with Crippen LogP contribution >= 0.6 is 0 Å². The van der Waals surface area contributed by atoms with Crippen LogP contribution in [-0.2, 0) is 11.3 Å². The van der Waals surface area contributed by atoms with E-state index in [0.717, 1.165) is 38.0 Å². The van der Waals surface area contributed by atoms with Gasteiger partial charge in [0.25, 0.3) is 0 Å². The lowest BCUT2D eigenvalue weighted by Gasteiger charge is -2.36. The van der Waals surface area contributed by atoms with Crippen molar-refractivity contribution in [3.63, 3.8) is 0 Å². The van der Waals surface area contributed by atoms with Gasteiger partial charge < -0.3 is 10.4 Å². The van der Waals surface area contributed by atoms with Gasteiger partial charge in [-0.3, -0.25) is 9.69 Å². The summed E-state index contributed by atoms with van der Waals surface area (Å²) in [5.41, 5.74) is 2.13. The summed E-state index contributed by atoms with van der Waals surface area (Å²) in [6.07, 6.45) is 2.07. The Morgan fingerprint density at radius 2 is 2.24 bits per heavy atom. The number of aliphatic hydroxyl groups excluding tert-OH is 1. The quantitative estimate of drug-likeness (QED) is 0.788. The van der Waals surface area contributed by atoms with Crippen LogP contribution in [0.4, 0.5) is 0 Å². The molecule has 1 amide bonds. The number of likely N-dealkylation sites (tertiary alicyclic amines) is 1. The molecule has 0 saturated carbocycles. The Bertz CT molecular complexity index is 588. The molecule has 2 atom stereocenters. The van der Waals surface area contributed by atoms with Crippen LogP contribution in [0.25, 0.3) is 0 Å². The van der Waals surface area contributed by atoms with Crippen molar-refractivity contribution in [1.29, 1.82) is 0 Å². The van der Waals surface area contributed by atoms with Crippen LogP contribution in [0.15, 0.2) is 24.3 Å². The van der Waals surface area contributed by atoms with Crippen molar-refractivity contribution in [2.24, 2.45) is 5.92 Å². The first-order valence-electron chi connectivity index (χ1n) is 7.49. The van der Waals surface area contributed by atoms with Gasteiger partial charge in [0, 0.05) is 24.7 Å². The summed E-state index contributed by atoms with van der Waals surface area (Å²) in [5, 5.41) is 11.8. The van der Waals surface area contributed by atoms with Gasteiger partial charge in [-0.1, -0.05) is 30.0 Å². The minimum Gasteiger partial charge on any atom is -0.384 e. The molecule has 1 aromatic rings. The third-order valence-corrected chi connectivity index (χ3v) is 4.41. The van der Waals surface area contributed by atoms with Crippen LogP contribution < -0.4 is 5.32 Å². The SMILES string of the molecule is O=C1NCC2C1CCCN2Cc1ccccc1C#CCO. The molecule has 1 aromatic carbocycles. The molecule has 21 heavy (non-hydrogen) atoms. The predicted molar refractivity (Wildman–Crippen MR) is 80.3 cm³/mol. The molecule has 2 unspecified atom stereocenters. The summed E-state index contributed by atoms with van der Waals surface area (Å²) < 4.78 is 0. The highest BCUT2D eigenvalue weighted by molar-refractivity contribution is 5.82. The highest BCUT2D eigenvalue weighted by Gasteiger charge is 2.40. The molecule has 2 aliphatic rings. The van der Waals surface area contributed by atoms with E-state index in [1.807, 2.05) is 18.2 Å². The molecule has 2 fully saturated rings. The van der Waals surface area contributed by atoms with E-state index in [1.54, 1.807) is 0 Å². The predicted octanol–water partition coefficient (Wildman–Crippen LogP) is 0.741. The number of carbonyl (C=O) groups is 1. The van der Waals surface area contributed by atoms with Crippen molar-refractivity contribution in [3.05, 3.63) is 35.4 Å². The maximum atomic E-state index is 11.8. The second kappa shape index (κ2) is 6.30. The van der Waals surface area contributed by atoms with Gasteiger partial charge in [-0.25, -0.2) is 0 Å². The van der Waals surface area contributed by atoms with Crippen molar-refractivity contribution in [2.75, 3.05) is 19.7 Å². The van der Waals surface area contributed by atoms with E-state index in [0.29, 0.717) is 6.04 Å². The van der Waals surface area contributed by atoms with Crippen LogP contribution in [0.2, 0.25) is 0 Å². The zero-order valence-electron chi connectivity index (χ0n) is 12.0. The second-order valence-corrected chi connectivity index (χ2v) is 5.65. The van der Waals surface area contributed by atoms with Gasteiger partial charge in [-0.15, -0.1) is 0 Å². The van der Waals surface area contributed by atoms with Crippen LogP contribution in [0, 0.1) is 17.8 Å². The molecule has 2 saturated heterocycles. The van der Waals surface area contributed by atoms with Crippen LogP contribution in [0.3, 0.4) is 0 Å². The standard InChI is InChI=1S/C17H20N2O2/c20-10-4-7-13-5-1-2-6-14(13)12-19-9-3-8-15-16(19)11-18-17(15)21/h1-2,5-6,15-16,20H,3,8-12H2,(H,18,21). The van der Waals surface area contributed by atoms with Crippen molar-refractivity contribution >= 4 is 5.91 Å². The third-order valence-electron chi connectivity index (χ3n) is 4.41. The number of amides is 1. The molecule has 0 aliphatic carbocycles. The number of benzene rings is 1. The molecule has 4 nitrogen and oxygen atoms in total. The van der Waals surface area contributed by atoms with Crippen LogP contribution in [0.5, 0.6) is 0 Å². The Kier molecular flexibility index (Phi) is 4.23. The van der Waals surface area contributed by atoms with Gasteiger partial charge in [0.05, 0.1) is 5.92 Å². The van der Waals surface area contributed by atoms with Crippen LogP contribution in [0.1, 0.15) is 24.0 Å². The Labute approximate surface area is 125 Å². The topological polar surface area (TPSA) is 52.6 Å². The minimum absolute atomic E-state index is 0.124. The largest absolute Gasteiger partial charge is 0.384 e. The molecular formula is C17H20N2O2. The van der Waals surface area contributed by atoms with Crippen molar-refractivity contribution < 1.29 is 9.90 Å². The van der Waals surface area contributed by atoms with E-state index in [2.05, 4.69) is 28.1 Å². The minimum atomic E-state index is -0.124. The van der Waals surface area contributed by atoms with Gasteiger partial charge in [-0.2, -0.15) is 0 Å². The maximum Gasteiger partial charge on any atom is 0.224 e. The molecule has 0 radical (unpaired) electrons. The average Bonchev–Trinajstić information content (AvgIpc) is 2.89. The van der Waals surface area contributed by atoms with E-state index in [9.17, 15) is 4.79 Å². The molecule has 3 rings (SSSR count). The molecule has 2 N–H and O–H groups in total. The van der Waals surface area contributed by atoms with Gasteiger partial charge in [0.1, 0.15) is 6.61 Å². The molecule has 0 spiro atoms. The van der Waals surface area contributed by atoms with E-state index in [1.165, 1.54) is 5.56 Å². The summed E-state index contributed by atoms with van der Waals surface area (Å²) in [6.45, 7) is 2.47. The highest BCUT2D eigenvalue weighted by atomic mass is 16.2. The Hall–Kier alpha value is -1.83. The lowest BCUT2D eigenvalue weighted by molar-refractivity contribution is -0.124. The molecule has 110 valence electrons. The fraction of sp³-hybridized carbons (Fsp3) is 0.471. The van der Waals surface area contributed by atoms with Gasteiger partial charge >= 0.3 is 0 Å². The number of hydrogen-bond acceptors (Lipinski definition) is 3. The fourth-order valence-corrected chi connectivity index (χ4v) is 3.37. The van der Waals surface area contributed by atoms with Crippen molar-refractivity contribution in [2.45, 2.75) is 25.4 Å². The first-order valence-corrected chi connectivity index (χ1v) is 7.49. The number of nitrogens with one attached hydrogen (secondary N) is 1. The monoisotopic (exact) mass is 284 g/mol. The first-order chi connectivity index (χ1) is 10.3. The number of piperidine rings is 1. The zero-order valence-corrected chi connectivity index (χ0v) is 12.0. The van der Waals surface area contributed by atoms with Crippen molar-refractivity contribution in [3.8, 4) is 11.8 Å². The second-order valence-electron chi connectivity index (χ2n) is 5.65. The fourth-order valence-electron chi connectivity index (χ4n) is 3.37. The summed E-state index contributed by atoms with van der Waals surface area (Å²) in [6, 6.07) is 8.35. The maximum absolute atomic E-state index is 11.8. The molecule has 0 aromatic heterocycles. The molecule has 2 aliphatic heterocycles. The average molecular weight is 284 g/mol. The third kappa shape index (κ3) is 2.94. The van der Waals surface area contributed by atoms with E-state index >= 15 is 0 Å². The van der Waals surface area contributed by atoms with Crippen LogP contribution in [-0.4, -0.2) is 41.7 Å². The lowest BCUT2D eigenvalue weighted by Crippen LogP contribution is -2.45. The van der Waals surface area contributed by atoms with E-state index in [4.69, 9.17) is 5.11 Å². The number of hydrogen-bond donors (Lipinski definition) is 2. The molecule has 4 heteroatoms. The molecular weight excluding hydrogens is 264 g/mol. The number of aliphatic hydroxyl groups is 1. The molecule has 2 heterocycles. The number of carbonyl (C=O) groups excluding carboxylic acids is 1. The summed E-state index contributed by atoms with van der Waals surface area (Å²) in [4.78, 5) is 14.2. The number of rotatable bonds is 2. The lowest BCUT2D eigenvalue weighted by atomic mass is 9.91. The van der Waals surface area contributed by atoms with E-state index in [-0.39, 0.29) is 18.4 Å². The highest BCUT2D eigenvalue weighted by Crippen LogP contribution is 2.28. The normalized spacial score (nSPS) is 24.9. The summed E-state index contributed by atoms with van der Waals surface area (Å²) in [5.74, 6) is 6.08. The Morgan fingerprint density at radius 1 is 1.38 bits per heavy atom. The first kappa shape index (κ1) is 14.1. The van der Waals surface area contributed by atoms with Gasteiger partial charge in [0.15, 0.2) is 0 Å². The smallest absolute Gasteiger partial charge is 0.224 e. The van der Waals surface area contributed by atoms with Crippen molar-refractivity contribution in [1.82, 2.24) is 10.2 Å². The summed E-state index contributed by atoms with van der Waals surface area (Å²) in [7, 11) is 0. The number of nitrogens with zero attached hydrogens (tertiary/aromatic N) is 1.